The normalized spacial score (nSPS) is 29.5. The van der Waals surface area contributed by atoms with Gasteiger partial charge >= 0.3 is 0 Å². The van der Waals surface area contributed by atoms with Crippen LogP contribution in [0.3, 0.4) is 0 Å². The van der Waals surface area contributed by atoms with E-state index in [2.05, 4.69) is 6.92 Å². The van der Waals surface area contributed by atoms with Gasteiger partial charge in [0.25, 0.3) is 0 Å². The molecule has 0 radical (unpaired) electrons. The molecule has 0 spiro atoms. The van der Waals surface area contributed by atoms with Crippen molar-refractivity contribution >= 4 is 0 Å². The summed E-state index contributed by atoms with van der Waals surface area (Å²) < 4.78 is 5.05. The third-order valence-electron chi connectivity index (χ3n) is 3.19. The van der Waals surface area contributed by atoms with Gasteiger partial charge < -0.3 is 4.74 Å². The molecule has 0 amide bonds. The van der Waals surface area contributed by atoms with Crippen LogP contribution in [0.1, 0.15) is 45.4 Å². The second kappa shape index (κ2) is 5.58. The first-order valence-electron chi connectivity index (χ1n) is 5.35. The van der Waals surface area contributed by atoms with E-state index in [9.17, 15) is 0 Å². The maximum Gasteiger partial charge on any atom is 0.0462 e. The van der Waals surface area contributed by atoms with Gasteiger partial charge in [-0.15, -0.1) is 0 Å². The minimum Gasteiger partial charge on any atom is -0.385 e. The molecule has 2 unspecified atom stereocenters. The van der Waals surface area contributed by atoms with E-state index in [1.807, 2.05) is 0 Å². The van der Waals surface area contributed by atoms with Crippen molar-refractivity contribution in [3.05, 3.63) is 0 Å². The van der Waals surface area contributed by atoms with Crippen molar-refractivity contribution < 1.29 is 4.74 Å². The van der Waals surface area contributed by atoms with Gasteiger partial charge in [-0.2, -0.15) is 0 Å². The molecule has 0 aromatic carbocycles. The smallest absolute Gasteiger partial charge is 0.0462 e. The summed E-state index contributed by atoms with van der Waals surface area (Å²) in [5.74, 6) is 2.06. The molecule has 0 bridgehead atoms. The van der Waals surface area contributed by atoms with Gasteiger partial charge in [0, 0.05) is 13.7 Å². The van der Waals surface area contributed by atoms with Gasteiger partial charge in [-0.05, 0) is 31.1 Å². The molecule has 1 heteroatoms. The molecular formula is C11H22O. The Bertz CT molecular complexity index is 112. The molecule has 0 aliphatic heterocycles. The number of hydrogen-bond donors (Lipinski definition) is 0. The van der Waals surface area contributed by atoms with Crippen LogP contribution >= 0.6 is 0 Å². The highest BCUT2D eigenvalue weighted by molar-refractivity contribution is 4.74. The summed E-state index contributed by atoms with van der Waals surface area (Å²) in [5.41, 5.74) is 0. The lowest BCUT2D eigenvalue weighted by molar-refractivity contribution is 0.186. The van der Waals surface area contributed by atoms with Crippen LogP contribution in [-0.2, 0) is 4.74 Å². The average molecular weight is 170 g/mol. The summed E-state index contributed by atoms with van der Waals surface area (Å²) in [4.78, 5) is 0. The monoisotopic (exact) mass is 170 g/mol. The topological polar surface area (TPSA) is 9.23 Å². The van der Waals surface area contributed by atoms with Gasteiger partial charge in [-0.3, -0.25) is 0 Å². The number of rotatable bonds is 5. The van der Waals surface area contributed by atoms with Crippen molar-refractivity contribution in [2.24, 2.45) is 11.8 Å². The van der Waals surface area contributed by atoms with Crippen molar-refractivity contribution in [3.8, 4) is 0 Å². The SMILES string of the molecule is CCC1CCC(CCCOC)C1. The first-order chi connectivity index (χ1) is 5.86. The molecule has 1 fully saturated rings. The fourth-order valence-electron chi connectivity index (χ4n) is 2.33. The zero-order valence-electron chi connectivity index (χ0n) is 8.51. The van der Waals surface area contributed by atoms with Crippen LogP contribution in [0.25, 0.3) is 0 Å². The Morgan fingerprint density at radius 1 is 1.25 bits per heavy atom. The Labute approximate surface area is 76.5 Å². The molecule has 0 saturated heterocycles. The Balaban J connectivity index is 2.03. The van der Waals surface area contributed by atoms with E-state index in [0.717, 1.165) is 18.4 Å². The zero-order valence-corrected chi connectivity index (χ0v) is 8.51. The van der Waals surface area contributed by atoms with Gasteiger partial charge in [0.05, 0.1) is 0 Å². The van der Waals surface area contributed by atoms with Crippen LogP contribution < -0.4 is 0 Å². The molecule has 0 aromatic rings. The van der Waals surface area contributed by atoms with Gasteiger partial charge in [-0.25, -0.2) is 0 Å². The van der Waals surface area contributed by atoms with E-state index in [0.29, 0.717) is 0 Å². The van der Waals surface area contributed by atoms with Crippen molar-refractivity contribution in [1.29, 1.82) is 0 Å². The van der Waals surface area contributed by atoms with Crippen LogP contribution in [0, 0.1) is 11.8 Å². The highest BCUT2D eigenvalue weighted by Gasteiger charge is 2.22. The number of methoxy groups -OCH3 is 1. The number of ether oxygens (including phenoxy) is 1. The molecular weight excluding hydrogens is 148 g/mol. The maximum atomic E-state index is 5.05. The summed E-state index contributed by atoms with van der Waals surface area (Å²) in [5, 5.41) is 0. The minimum absolute atomic E-state index is 0.952. The quantitative estimate of drug-likeness (QED) is 0.575. The molecule has 2 atom stereocenters. The highest BCUT2D eigenvalue weighted by atomic mass is 16.5. The summed E-state index contributed by atoms with van der Waals surface area (Å²) in [6.07, 6.45) is 8.49. The molecule has 1 aliphatic carbocycles. The van der Waals surface area contributed by atoms with Gasteiger partial charge in [0.1, 0.15) is 0 Å². The number of hydrogen-bond acceptors (Lipinski definition) is 1. The molecule has 1 rings (SSSR count). The van der Waals surface area contributed by atoms with Crippen molar-refractivity contribution in [3.63, 3.8) is 0 Å². The minimum atomic E-state index is 0.952. The van der Waals surface area contributed by atoms with E-state index in [4.69, 9.17) is 4.74 Å². The van der Waals surface area contributed by atoms with Gasteiger partial charge in [-0.1, -0.05) is 26.2 Å². The molecule has 1 nitrogen and oxygen atoms in total. The van der Waals surface area contributed by atoms with E-state index < -0.39 is 0 Å². The third-order valence-corrected chi connectivity index (χ3v) is 3.19. The van der Waals surface area contributed by atoms with Crippen LogP contribution in [-0.4, -0.2) is 13.7 Å². The summed E-state index contributed by atoms with van der Waals surface area (Å²) >= 11 is 0. The van der Waals surface area contributed by atoms with E-state index in [1.165, 1.54) is 38.5 Å². The molecule has 1 saturated carbocycles. The summed E-state index contributed by atoms with van der Waals surface area (Å²) in [7, 11) is 1.80. The Kier molecular flexibility index (Phi) is 4.67. The predicted octanol–water partition coefficient (Wildman–Crippen LogP) is 3.24. The summed E-state index contributed by atoms with van der Waals surface area (Å²) in [6, 6.07) is 0. The Morgan fingerprint density at radius 2 is 2.00 bits per heavy atom. The Morgan fingerprint density at radius 3 is 2.58 bits per heavy atom. The van der Waals surface area contributed by atoms with Gasteiger partial charge in [0.15, 0.2) is 0 Å². The molecule has 0 aromatic heterocycles. The summed E-state index contributed by atoms with van der Waals surface area (Å²) in [6.45, 7) is 3.27. The molecule has 0 N–H and O–H groups in total. The van der Waals surface area contributed by atoms with Crippen molar-refractivity contribution in [2.75, 3.05) is 13.7 Å². The van der Waals surface area contributed by atoms with E-state index in [-0.39, 0.29) is 0 Å². The van der Waals surface area contributed by atoms with E-state index >= 15 is 0 Å². The Hall–Kier alpha value is -0.0400. The van der Waals surface area contributed by atoms with Crippen LogP contribution in [0.5, 0.6) is 0 Å². The lowest BCUT2D eigenvalue weighted by Crippen LogP contribution is -1.98. The molecule has 1 aliphatic rings. The van der Waals surface area contributed by atoms with E-state index in [1.54, 1.807) is 7.11 Å². The van der Waals surface area contributed by atoms with Crippen molar-refractivity contribution in [1.82, 2.24) is 0 Å². The molecule has 0 heterocycles. The van der Waals surface area contributed by atoms with Crippen LogP contribution in [0.2, 0.25) is 0 Å². The standard InChI is InChI=1S/C11H22O/c1-3-10-6-7-11(9-10)5-4-8-12-2/h10-11H,3-9H2,1-2H3. The third kappa shape index (κ3) is 3.14. The average Bonchev–Trinajstić information content (AvgIpc) is 2.53. The van der Waals surface area contributed by atoms with Gasteiger partial charge in [0.2, 0.25) is 0 Å². The lowest BCUT2D eigenvalue weighted by atomic mass is 9.99. The fraction of sp³-hybridized carbons (Fsp3) is 1.00. The first-order valence-corrected chi connectivity index (χ1v) is 5.35. The highest BCUT2D eigenvalue weighted by Crippen LogP contribution is 2.35. The largest absolute Gasteiger partial charge is 0.385 e. The predicted molar refractivity (Wildman–Crippen MR) is 52.2 cm³/mol. The lowest BCUT2D eigenvalue weighted by Gasteiger charge is -2.08. The second-order valence-corrected chi connectivity index (χ2v) is 4.09. The fourth-order valence-corrected chi connectivity index (χ4v) is 2.33. The molecule has 72 valence electrons. The maximum absolute atomic E-state index is 5.05. The van der Waals surface area contributed by atoms with Crippen molar-refractivity contribution in [2.45, 2.75) is 45.4 Å². The second-order valence-electron chi connectivity index (χ2n) is 4.09. The van der Waals surface area contributed by atoms with Crippen LogP contribution in [0.15, 0.2) is 0 Å². The zero-order chi connectivity index (χ0) is 8.81. The molecule has 12 heavy (non-hydrogen) atoms. The van der Waals surface area contributed by atoms with Crippen LogP contribution in [0.4, 0.5) is 0 Å². The first kappa shape index (κ1) is 10.0.